The van der Waals surface area contributed by atoms with Gasteiger partial charge in [0.05, 0.1) is 12.8 Å². The lowest BCUT2D eigenvalue weighted by molar-refractivity contribution is 0.0927. The zero-order valence-corrected chi connectivity index (χ0v) is 15.1. The standard InChI is InChI=1S/C14H24N4O2.HI/c1-4-11(3)18-14(15-5-2)17-9-8-16-13(19)12-7-6-10-20-12;/h6-7,10-11H,4-5,8-9H2,1-3H3,(H,16,19)(H2,15,17,18);1H. The predicted molar refractivity (Wildman–Crippen MR) is 95.3 cm³/mol. The van der Waals surface area contributed by atoms with Gasteiger partial charge >= 0.3 is 0 Å². The average molecular weight is 408 g/mol. The van der Waals surface area contributed by atoms with Crippen molar-refractivity contribution in [2.75, 3.05) is 19.6 Å². The highest BCUT2D eigenvalue weighted by Crippen LogP contribution is 1.98. The highest BCUT2D eigenvalue weighted by Gasteiger charge is 2.06. The topological polar surface area (TPSA) is 78.7 Å². The van der Waals surface area contributed by atoms with Crippen molar-refractivity contribution >= 4 is 35.8 Å². The molecule has 0 spiro atoms. The van der Waals surface area contributed by atoms with E-state index in [2.05, 4.69) is 34.8 Å². The number of nitrogens with zero attached hydrogens (tertiary/aromatic N) is 1. The van der Waals surface area contributed by atoms with Gasteiger partial charge in [-0.05, 0) is 32.4 Å². The fourth-order valence-electron chi connectivity index (χ4n) is 1.49. The van der Waals surface area contributed by atoms with E-state index in [0.717, 1.165) is 18.9 Å². The van der Waals surface area contributed by atoms with Gasteiger partial charge in [0.15, 0.2) is 11.7 Å². The molecule has 0 aliphatic carbocycles. The van der Waals surface area contributed by atoms with Crippen LogP contribution >= 0.6 is 24.0 Å². The molecule has 0 saturated heterocycles. The number of halogens is 1. The largest absolute Gasteiger partial charge is 0.459 e. The number of hydrogen-bond donors (Lipinski definition) is 3. The van der Waals surface area contributed by atoms with Gasteiger partial charge in [-0.1, -0.05) is 6.92 Å². The van der Waals surface area contributed by atoms with Gasteiger partial charge in [-0.25, -0.2) is 0 Å². The molecule has 1 heterocycles. The Morgan fingerprint density at radius 2 is 2.14 bits per heavy atom. The molecule has 1 amide bonds. The number of nitrogens with one attached hydrogen (secondary N) is 3. The molecule has 7 heteroatoms. The number of amides is 1. The molecule has 120 valence electrons. The minimum atomic E-state index is -0.218. The molecule has 1 atom stereocenters. The molecule has 0 bridgehead atoms. The second kappa shape index (κ2) is 11.4. The highest BCUT2D eigenvalue weighted by molar-refractivity contribution is 14.0. The summed E-state index contributed by atoms with van der Waals surface area (Å²) in [4.78, 5) is 16.0. The molecule has 0 saturated carbocycles. The number of carbonyl (C=O) groups is 1. The normalized spacial score (nSPS) is 12.2. The zero-order valence-electron chi connectivity index (χ0n) is 12.8. The van der Waals surface area contributed by atoms with Crippen molar-refractivity contribution in [3.8, 4) is 0 Å². The lowest BCUT2D eigenvalue weighted by Crippen LogP contribution is -2.42. The first-order valence-electron chi connectivity index (χ1n) is 7.03. The summed E-state index contributed by atoms with van der Waals surface area (Å²) in [5.41, 5.74) is 0. The van der Waals surface area contributed by atoms with E-state index in [1.165, 1.54) is 6.26 Å². The molecular weight excluding hydrogens is 383 g/mol. The molecule has 0 radical (unpaired) electrons. The Balaban J connectivity index is 0.00000400. The molecule has 21 heavy (non-hydrogen) atoms. The minimum Gasteiger partial charge on any atom is -0.459 e. The van der Waals surface area contributed by atoms with E-state index >= 15 is 0 Å². The second-order valence-corrected chi connectivity index (χ2v) is 4.45. The Kier molecular flexibility index (Phi) is 10.7. The molecule has 1 aromatic rings. The summed E-state index contributed by atoms with van der Waals surface area (Å²) >= 11 is 0. The van der Waals surface area contributed by atoms with E-state index < -0.39 is 0 Å². The lowest BCUT2D eigenvalue weighted by atomic mass is 10.3. The van der Waals surface area contributed by atoms with E-state index in [4.69, 9.17) is 4.42 Å². The number of guanidine groups is 1. The Labute approximate surface area is 143 Å². The van der Waals surface area contributed by atoms with Gasteiger partial charge in [-0.3, -0.25) is 9.79 Å². The van der Waals surface area contributed by atoms with E-state index in [1.807, 2.05) is 6.92 Å². The summed E-state index contributed by atoms with van der Waals surface area (Å²) in [6.07, 6.45) is 2.51. The Hall–Kier alpha value is -1.25. The predicted octanol–water partition coefficient (Wildman–Crippen LogP) is 1.98. The van der Waals surface area contributed by atoms with Crippen LogP contribution in [0.25, 0.3) is 0 Å². The Bertz CT molecular complexity index is 421. The SMILES string of the molecule is CCNC(=NCCNC(=O)c1ccco1)NC(C)CC.I. The summed E-state index contributed by atoms with van der Waals surface area (Å²) in [5, 5.41) is 9.22. The van der Waals surface area contributed by atoms with Crippen molar-refractivity contribution in [3.05, 3.63) is 24.2 Å². The van der Waals surface area contributed by atoms with Crippen molar-refractivity contribution < 1.29 is 9.21 Å². The molecule has 1 aromatic heterocycles. The van der Waals surface area contributed by atoms with Crippen LogP contribution in [0.1, 0.15) is 37.7 Å². The van der Waals surface area contributed by atoms with E-state index in [-0.39, 0.29) is 29.9 Å². The fraction of sp³-hybridized carbons (Fsp3) is 0.571. The number of hydrogen-bond acceptors (Lipinski definition) is 3. The third-order valence-electron chi connectivity index (χ3n) is 2.75. The second-order valence-electron chi connectivity index (χ2n) is 4.45. The number of aliphatic imine (C=N–C) groups is 1. The first-order chi connectivity index (χ1) is 9.67. The van der Waals surface area contributed by atoms with Gasteiger partial charge in [-0.15, -0.1) is 24.0 Å². The number of furan rings is 1. The van der Waals surface area contributed by atoms with Crippen LogP contribution in [0, 0.1) is 0 Å². The molecule has 0 aliphatic rings. The first kappa shape index (κ1) is 19.8. The van der Waals surface area contributed by atoms with Crippen LogP contribution < -0.4 is 16.0 Å². The molecule has 0 aromatic carbocycles. The van der Waals surface area contributed by atoms with Crippen LogP contribution in [0.4, 0.5) is 0 Å². The molecule has 1 unspecified atom stereocenters. The van der Waals surface area contributed by atoms with Crippen LogP contribution in [-0.4, -0.2) is 37.5 Å². The van der Waals surface area contributed by atoms with Gasteiger partial charge in [0.1, 0.15) is 0 Å². The minimum absolute atomic E-state index is 0. The summed E-state index contributed by atoms with van der Waals surface area (Å²) in [6, 6.07) is 3.69. The van der Waals surface area contributed by atoms with Crippen molar-refractivity contribution in [2.45, 2.75) is 33.2 Å². The lowest BCUT2D eigenvalue weighted by Gasteiger charge is -2.16. The monoisotopic (exact) mass is 408 g/mol. The summed E-state index contributed by atoms with van der Waals surface area (Å²) in [7, 11) is 0. The molecule has 6 nitrogen and oxygen atoms in total. The van der Waals surface area contributed by atoms with Crippen LogP contribution in [-0.2, 0) is 0 Å². The van der Waals surface area contributed by atoms with Gasteiger partial charge < -0.3 is 20.4 Å². The van der Waals surface area contributed by atoms with E-state index in [1.54, 1.807) is 12.1 Å². The third-order valence-corrected chi connectivity index (χ3v) is 2.75. The Morgan fingerprint density at radius 1 is 1.38 bits per heavy atom. The maximum absolute atomic E-state index is 11.6. The van der Waals surface area contributed by atoms with Gasteiger partial charge in [0.25, 0.3) is 5.91 Å². The first-order valence-corrected chi connectivity index (χ1v) is 7.03. The van der Waals surface area contributed by atoms with Crippen molar-refractivity contribution in [1.82, 2.24) is 16.0 Å². The molecule has 0 fully saturated rings. The average Bonchev–Trinajstić information content (AvgIpc) is 2.97. The van der Waals surface area contributed by atoms with Crippen LogP contribution in [0.5, 0.6) is 0 Å². The smallest absolute Gasteiger partial charge is 0.287 e. The molecule has 1 rings (SSSR count). The molecule has 3 N–H and O–H groups in total. The van der Waals surface area contributed by atoms with Crippen LogP contribution in [0.15, 0.2) is 27.8 Å². The van der Waals surface area contributed by atoms with Crippen molar-refractivity contribution in [3.63, 3.8) is 0 Å². The number of carbonyl (C=O) groups excluding carboxylic acids is 1. The maximum Gasteiger partial charge on any atom is 0.287 e. The summed E-state index contributed by atoms with van der Waals surface area (Å²) in [5.74, 6) is 0.873. The van der Waals surface area contributed by atoms with Gasteiger partial charge in [-0.2, -0.15) is 0 Å². The maximum atomic E-state index is 11.6. The molecule has 0 aliphatic heterocycles. The summed E-state index contributed by atoms with van der Waals surface area (Å²) in [6.45, 7) is 8.03. The number of rotatable bonds is 7. The van der Waals surface area contributed by atoms with E-state index in [9.17, 15) is 4.79 Å². The third kappa shape index (κ3) is 7.93. The van der Waals surface area contributed by atoms with Crippen LogP contribution in [0.3, 0.4) is 0 Å². The fourth-order valence-corrected chi connectivity index (χ4v) is 1.49. The van der Waals surface area contributed by atoms with Gasteiger partial charge in [0.2, 0.25) is 0 Å². The van der Waals surface area contributed by atoms with E-state index in [0.29, 0.717) is 24.9 Å². The zero-order chi connectivity index (χ0) is 14.8. The van der Waals surface area contributed by atoms with Crippen molar-refractivity contribution in [1.29, 1.82) is 0 Å². The Morgan fingerprint density at radius 3 is 2.71 bits per heavy atom. The quantitative estimate of drug-likeness (QED) is 0.279. The molecular formula is C14H25IN4O2. The highest BCUT2D eigenvalue weighted by atomic mass is 127. The van der Waals surface area contributed by atoms with Gasteiger partial charge in [0, 0.05) is 19.1 Å². The summed E-state index contributed by atoms with van der Waals surface area (Å²) < 4.78 is 5.01. The van der Waals surface area contributed by atoms with Crippen molar-refractivity contribution in [2.24, 2.45) is 4.99 Å². The van der Waals surface area contributed by atoms with Crippen LogP contribution in [0.2, 0.25) is 0 Å².